The number of carbonyl (C=O) groups excluding carboxylic acids is 3. The third kappa shape index (κ3) is 6.80. The maximum atomic E-state index is 12.4. The van der Waals surface area contributed by atoms with Gasteiger partial charge in [0.2, 0.25) is 10.0 Å². The van der Waals surface area contributed by atoms with Crippen LogP contribution in [0.25, 0.3) is 0 Å². The highest BCUT2D eigenvalue weighted by atomic mass is 79.9. The van der Waals surface area contributed by atoms with Crippen molar-refractivity contribution in [2.75, 3.05) is 6.61 Å². The molecule has 138 valence electrons. The van der Waals surface area contributed by atoms with Gasteiger partial charge in [0.1, 0.15) is 6.04 Å². The first-order valence-electron chi connectivity index (χ1n) is 7.06. The molecular formula is C14H18BrN3O6S. The number of hydrogen-bond acceptors (Lipinski definition) is 6. The van der Waals surface area contributed by atoms with Crippen molar-refractivity contribution in [3.63, 3.8) is 0 Å². The van der Waals surface area contributed by atoms with Crippen LogP contribution in [0.5, 0.6) is 0 Å². The van der Waals surface area contributed by atoms with E-state index in [1.54, 1.807) is 31.3 Å². The fraction of sp³-hybridized carbons (Fsp3) is 0.357. The Bertz CT molecular complexity index is 748. The molecule has 0 spiro atoms. The molecule has 0 aliphatic heterocycles. The standard InChI is InChI=1S/C14H18BrN3O6S/c1-8(2)12(13(20)24-7-11(19)17-14(16)21)18-25(22,23)10-5-3-9(15)4-6-10/h3-6,8,12,18H,7H2,1-2H3,(H3,16,17,19,21). The lowest BCUT2D eigenvalue weighted by atomic mass is 10.1. The Morgan fingerprint density at radius 2 is 1.76 bits per heavy atom. The maximum absolute atomic E-state index is 12.4. The predicted molar refractivity (Wildman–Crippen MR) is 91.8 cm³/mol. The molecule has 25 heavy (non-hydrogen) atoms. The van der Waals surface area contributed by atoms with E-state index >= 15 is 0 Å². The highest BCUT2D eigenvalue weighted by molar-refractivity contribution is 9.10. The molecule has 0 aliphatic rings. The first kappa shape index (κ1) is 21.1. The van der Waals surface area contributed by atoms with Crippen molar-refractivity contribution in [3.8, 4) is 0 Å². The maximum Gasteiger partial charge on any atom is 0.324 e. The fourth-order valence-electron chi connectivity index (χ4n) is 1.71. The summed E-state index contributed by atoms with van der Waals surface area (Å²) in [5.41, 5.74) is 4.76. The van der Waals surface area contributed by atoms with Gasteiger partial charge in [0, 0.05) is 4.47 Å². The van der Waals surface area contributed by atoms with Gasteiger partial charge in [-0.1, -0.05) is 29.8 Å². The molecule has 4 N–H and O–H groups in total. The van der Waals surface area contributed by atoms with Gasteiger partial charge in [-0.25, -0.2) is 13.2 Å². The van der Waals surface area contributed by atoms with Crippen LogP contribution in [0.2, 0.25) is 0 Å². The Hall–Kier alpha value is -1.98. The van der Waals surface area contributed by atoms with Crippen LogP contribution in [0, 0.1) is 5.92 Å². The van der Waals surface area contributed by atoms with Crippen LogP contribution < -0.4 is 15.8 Å². The van der Waals surface area contributed by atoms with E-state index in [0.717, 1.165) is 0 Å². The molecular weight excluding hydrogens is 418 g/mol. The fourth-order valence-corrected chi connectivity index (χ4v) is 3.30. The normalized spacial score (nSPS) is 12.5. The minimum Gasteiger partial charge on any atom is -0.454 e. The Labute approximate surface area is 153 Å². The first-order valence-corrected chi connectivity index (χ1v) is 9.34. The van der Waals surface area contributed by atoms with Crippen LogP contribution >= 0.6 is 15.9 Å². The van der Waals surface area contributed by atoms with Crippen LogP contribution in [0.4, 0.5) is 4.79 Å². The largest absolute Gasteiger partial charge is 0.454 e. The van der Waals surface area contributed by atoms with E-state index < -0.39 is 46.5 Å². The topological polar surface area (TPSA) is 145 Å². The summed E-state index contributed by atoms with van der Waals surface area (Å²) in [6.07, 6.45) is 0. The number of nitrogens with one attached hydrogen (secondary N) is 2. The monoisotopic (exact) mass is 435 g/mol. The number of hydrogen-bond donors (Lipinski definition) is 3. The number of primary amides is 1. The van der Waals surface area contributed by atoms with Crippen molar-refractivity contribution in [1.82, 2.24) is 10.0 Å². The second-order valence-electron chi connectivity index (χ2n) is 5.32. The summed E-state index contributed by atoms with van der Waals surface area (Å²) in [4.78, 5) is 33.8. The zero-order valence-corrected chi connectivity index (χ0v) is 15.9. The average Bonchev–Trinajstić information content (AvgIpc) is 2.50. The van der Waals surface area contributed by atoms with E-state index in [-0.39, 0.29) is 4.90 Å². The van der Waals surface area contributed by atoms with Gasteiger partial charge >= 0.3 is 12.0 Å². The van der Waals surface area contributed by atoms with Gasteiger partial charge in [0.15, 0.2) is 6.61 Å². The molecule has 0 heterocycles. The van der Waals surface area contributed by atoms with Crippen molar-refractivity contribution in [2.45, 2.75) is 24.8 Å². The molecule has 0 bridgehead atoms. The van der Waals surface area contributed by atoms with Gasteiger partial charge < -0.3 is 10.5 Å². The highest BCUT2D eigenvalue weighted by Gasteiger charge is 2.30. The van der Waals surface area contributed by atoms with Crippen molar-refractivity contribution in [1.29, 1.82) is 0 Å². The summed E-state index contributed by atoms with van der Waals surface area (Å²) >= 11 is 3.20. The lowest BCUT2D eigenvalue weighted by molar-refractivity contribution is -0.150. The predicted octanol–water partition coefficient (Wildman–Crippen LogP) is 0.490. The summed E-state index contributed by atoms with van der Waals surface area (Å²) in [5.74, 6) is -2.31. The number of imide groups is 1. The average molecular weight is 436 g/mol. The van der Waals surface area contributed by atoms with E-state index in [1.165, 1.54) is 12.1 Å². The molecule has 0 aromatic heterocycles. The summed E-state index contributed by atoms with van der Waals surface area (Å²) < 4.78 is 32.4. The highest BCUT2D eigenvalue weighted by Crippen LogP contribution is 2.16. The molecule has 11 heteroatoms. The lowest BCUT2D eigenvalue weighted by Crippen LogP contribution is -2.46. The number of sulfonamides is 1. The van der Waals surface area contributed by atoms with E-state index in [9.17, 15) is 22.8 Å². The number of amides is 3. The number of urea groups is 1. The van der Waals surface area contributed by atoms with Crippen LogP contribution in [-0.4, -0.2) is 39.0 Å². The minimum atomic E-state index is -3.97. The van der Waals surface area contributed by atoms with Crippen LogP contribution in [0.1, 0.15) is 13.8 Å². The SMILES string of the molecule is CC(C)C(NS(=O)(=O)c1ccc(Br)cc1)C(=O)OCC(=O)NC(N)=O. The lowest BCUT2D eigenvalue weighted by Gasteiger charge is -2.20. The van der Waals surface area contributed by atoms with Crippen molar-refractivity contribution < 1.29 is 27.5 Å². The molecule has 1 rings (SSSR count). The molecule has 1 atom stereocenters. The zero-order chi connectivity index (χ0) is 19.2. The number of nitrogens with two attached hydrogens (primary N) is 1. The second kappa shape index (κ2) is 8.92. The number of benzene rings is 1. The van der Waals surface area contributed by atoms with Gasteiger partial charge in [0.05, 0.1) is 4.90 Å². The Balaban J connectivity index is 2.82. The van der Waals surface area contributed by atoms with E-state index in [0.29, 0.717) is 4.47 Å². The number of ether oxygens (including phenoxy) is 1. The molecule has 0 radical (unpaired) electrons. The summed E-state index contributed by atoms with van der Waals surface area (Å²) in [6.45, 7) is 2.46. The van der Waals surface area contributed by atoms with Gasteiger partial charge in [-0.15, -0.1) is 0 Å². The van der Waals surface area contributed by atoms with Gasteiger partial charge in [-0.2, -0.15) is 4.72 Å². The third-order valence-corrected chi connectivity index (χ3v) is 4.92. The number of carbonyl (C=O) groups is 3. The molecule has 0 saturated heterocycles. The second-order valence-corrected chi connectivity index (χ2v) is 7.95. The molecule has 0 saturated carbocycles. The van der Waals surface area contributed by atoms with E-state index in [2.05, 4.69) is 20.7 Å². The smallest absolute Gasteiger partial charge is 0.324 e. The van der Waals surface area contributed by atoms with Gasteiger partial charge in [-0.3, -0.25) is 14.9 Å². The number of rotatable bonds is 7. The van der Waals surface area contributed by atoms with Crippen molar-refractivity contribution >= 4 is 43.9 Å². The number of esters is 1. The van der Waals surface area contributed by atoms with Crippen molar-refractivity contribution in [2.24, 2.45) is 11.7 Å². The Kier molecular flexibility index (Phi) is 7.52. The van der Waals surface area contributed by atoms with Crippen molar-refractivity contribution in [3.05, 3.63) is 28.7 Å². The zero-order valence-electron chi connectivity index (χ0n) is 13.5. The molecule has 1 aromatic rings. The quantitative estimate of drug-likeness (QED) is 0.531. The van der Waals surface area contributed by atoms with E-state index in [4.69, 9.17) is 10.5 Å². The van der Waals surface area contributed by atoms with Gasteiger partial charge in [-0.05, 0) is 30.2 Å². The summed E-state index contributed by atoms with van der Waals surface area (Å²) in [6, 6.07) is 3.54. The summed E-state index contributed by atoms with van der Waals surface area (Å²) in [5, 5.41) is 1.73. The number of halogens is 1. The Morgan fingerprint density at radius 3 is 2.24 bits per heavy atom. The molecule has 1 aromatic carbocycles. The summed E-state index contributed by atoms with van der Waals surface area (Å²) in [7, 11) is -3.97. The van der Waals surface area contributed by atoms with E-state index in [1.807, 2.05) is 0 Å². The van der Waals surface area contributed by atoms with Crippen LogP contribution in [0.3, 0.4) is 0 Å². The molecule has 3 amide bonds. The molecule has 1 unspecified atom stereocenters. The Morgan fingerprint density at radius 1 is 1.20 bits per heavy atom. The third-order valence-electron chi connectivity index (χ3n) is 2.93. The molecule has 0 fully saturated rings. The molecule has 0 aliphatic carbocycles. The van der Waals surface area contributed by atoms with Gasteiger partial charge in [0.25, 0.3) is 5.91 Å². The first-order chi connectivity index (χ1) is 11.5. The minimum absolute atomic E-state index is 0.0272. The van der Waals surface area contributed by atoms with Crippen LogP contribution in [0.15, 0.2) is 33.6 Å². The van der Waals surface area contributed by atoms with Crippen LogP contribution in [-0.2, 0) is 24.3 Å². The molecule has 9 nitrogen and oxygen atoms in total.